The summed E-state index contributed by atoms with van der Waals surface area (Å²) in [7, 11) is 3.25. The molecule has 0 saturated heterocycles. The Kier molecular flexibility index (Phi) is 7.83. The van der Waals surface area contributed by atoms with Gasteiger partial charge in [-0.15, -0.1) is 11.3 Å². The monoisotopic (exact) mass is 485 g/mol. The number of rotatable bonds is 9. The van der Waals surface area contributed by atoms with Crippen LogP contribution in [-0.4, -0.2) is 66.4 Å². The fourth-order valence-electron chi connectivity index (χ4n) is 3.92. The summed E-state index contributed by atoms with van der Waals surface area (Å²) in [5.74, 6) is 0.0686. The number of pyridine rings is 1. The first-order chi connectivity index (χ1) is 16.0. The van der Waals surface area contributed by atoms with Gasteiger partial charge in [0.05, 0.1) is 23.9 Å². The number of thiophene rings is 1. The lowest BCUT2D eigenvalue weighted by Gasteiger charge is -2.23. The molecular weight excluding hydrogens is 450 g/mol. The Hall–Kier alpha value is -2.71. The van der Waals surface area contributed by atoms with E-state index < -0.39 is 5.41 Å². The smallest absolute Gasteiger partial charge is 0.267 e. The van der Waals surface area contributed by atoms with Gasteiger partial charge in [-0.05, 0) is 19.2 Å². The Bertz CT molecular complexity index is 1260. The minimum absolute atomic E-state index is 0.0369. The van der Waals surface area contributed by atoms with Crippen LogP contribution in [0.3, 0.4) is 0 Å². The van der Waals surface area contributed by atoms with Crippen LogP contribution in [0.25, 0.3) is 21.0 Å². The first-order valence-electron chi connectivity index (χ1n) is 11.7. The van der Waals surface area contributed by atoms with Gasteiger partial charge in [0, 0.05) is 30.9 Å². The highest BCUT2D eigenvalue weighted by molar-refractivity contribution is 7.22. The van der Waals surface area contributed by atoms with Gasteiger partial charge in [0.1, 0.15) is 10.3 Å². The van der Waals surface area contributed by atoms with Crippen LogP contribution in [-0.2, 0) is 11.3 Å². The molecule has 0 bridgehead atoms. The van der Waals surface area contributed by atoms with Crippen molar-refractivity contribution in [2.75, 3.05) is 40.3 Å². The second kappa shape index (κ2) is 10.3. The topological polar surface area (TPSA) is 71.8 Å². The highest BCUT2D eigenvalue weighted by Crippen LogP contribution is 2.40. The van der Waals surface area contributed by atoms with Crippen molar-refractivity contribution >= 4 is 44.0 Å². The maximum absolute atomic E-state index is 13.7. The van der Waals surface area contributed by atoms with Crippen LogP contribution >= 0.6 is 11.3 Å². The zero-order valence-electron chi connectivity index (χ0n) is 21.2. The zero-order valence-corrected chi connectivity index (χ0v) is 22.0. The van der Waals surface area contributed by atoms with E-state index in [1.54, 1.807) is 11.9 Å². The number of ketones is 1. The van der Waals surface area contributed by atoms with Crippen molar-refractivity contribution in [1.82, 2.24) is 14.4 Å². The van der Waals surface area contributed by atoms with E-state index in [4.69, 9.17) is 4.74 Å². The second-order valence-corrected chi connectivity index (χ2v) is 10.5. The number of fused-ring (bicyclic) bond motifs is 3. The normalized spacial score (nSPS) is 12.0. The number of carbonyl (C=O) groups excluding carboxylic acids is 2. The summed E-state index contributed by atoms with van der Waals surface area (Å²) in [5.41, 5.74) is -0.220. The molecule has 2 aromatic heterocycles. The number of hydrogen-bond acceptors (Lipinski definition) is 6. The van der Waals surface area contributed by atoms with Crippen LogP contribution < -0.4 is 10.3 Å². The van der Waals surface area contributed by atoms with Crippen molar-refractivity contribution in [1.29, 1.82) is 0 Å². The molecule has 7 nitrogen and oxygen atoms in total. The molecule has 34 heavy (non-hydrogen) atoms. The van der Waals surface area contributed by atoms with Gasteiger partial charge in [-0.25, -0.2) is 0 Å². The molecule has 8 heteroatoms. The van der Waals surface area contributed by atoms with Gasteiger partial charge in [-0.1, -0.05) is 52.8 Å². The van der Waals surface area contributed by atoms with E-state index >= 15 is 0 Å². The summed E-state index contributed by atoms with van der Waals surface area (Å²) in [4.78, 5) is 44.3. The van der Waals surface area contributed by atoms with E-state index in [9.17, 15) is 14.4 Å². The summed E-state index contributed by atoms with van der Waals surface area (Å²) >= 11 is 1.28. The maximum Gasteiger partial charge on any atom is 0.267 e. The van der Waals surface area contributed by atoms with E-state index in [0.717, 1.165) is 25.0 Å². The molecule has 0 spiro atoms. The molecule has 0 saturated carbocycles. The number of nitrogens with zero attached hydrogens (tertiary/aromatic N) is 3. The van der Waals surface area contributed by atoms with Crippen molar-refractivity contribution in [3.8, 4) is 5.75 Å². The molecule has 0 N–H and O–H groups in total. The van der Waals surface area contributed by atoms with Crippen LogP contribution in [0, 0.1) is 5.41 Å². The Balaban J connectivity index is 2.16. The van der Waals surface area contributed by atoms with Crippen LogP contribution in [0.5, 0.6) is 5.75 Å². The van der Waals surface area contributed by atoms with E-state index in [-0.39, 0.29) is 29.5 Å². The largest absolute Gasteiger partial charge is 0.494 e. The molecule has 0 fully saturated rings. The minimum atomic E-state index is -0.580. The summed E-state index contributed by atoms with van der Waals surface area (Å²) < 4.78 is 7.87. The Morgan fingerprint density at radius 2 is 1.74 bits per heavy atom. The Morgan fingerprint density at radius 1 is 1.09 bits per heavy atom. The van der Waals surface area contributed by atoms with Gasteiger partial charge < -0.3 is 19.1 Å². The van der Waals surface area contributed by atoms with Gasteiger partial charge in [-0.2, -0.15) is 0 Å². The van der Waals surface area contributed by atoms with Crippen LogP contribution in [0.15, 0.2) is 29.1 Å². The van der Waals surface area contributed by atoms with Crippen molar-refractivity contribution in [2.45, 2.75) is 41.2 Å². The third-order valence-electron chi connectivity index (χ3n) is 6.29. The van der Waals surface area contributed by atoms with E-state index in [0.29, 0.717) is 27.0 Å². The molecule has 2 heterocycles. The highest BCUT2D eigenvalue weighted by Gasteiger charge is 2.28. The molecule has 0 unspecified atom stereocenters. The number of methoxy groups -OCH3 is 1. The average molecular weight is 486 g/mol. The third-order valence-corrected chi connectivity index (χ3v) is 7.48. The molecule has 0 aliphatic rings. The van der Waals surface area contributed by atoms with Gasteiger partial charge in [0.25, 0.3) is 11.5 Å². The number of para-hydroxylation sites is 1. The van der Waals surface area contributed by atoms with E-state index in [1.165, 1.54) is 23.0 Å². The zero-order chi connectivity index (χ0) is 25.2. The molecule has 1 amide bonds. The molecule has 184 valence electrons. The summed E-state index contributed by atoms with van der Waals surface area (Å²) in [6.07, 6.45) is 0. The molecule has 3 rings (SSSR count). The predicted octanol–water partition coefficient (Wildman–Crippen LogP) is 4.25. The third kappa shape index (κ3) is 4.88. The van der Waals surface area contributed by atoms with Crippen LogP contribution in [0.2, 0.25) is 0 Å². The number of benzene rings is 1. The van der Waals surface area contributed by atoms with Crippen molar-refractivity contribution < 1.29 is 14.3 Å². The number of carbonyl (C=O) groups is 2. The number of ether oxygens (including phenoxy) is 1. The molecule has 0 radical (unpaired) electrons. The van der Waals surface area contributed by atoms with Gasteiger partial charge in [0.2, 0.25) is 0 Å². The number of Topliss-reactive ketones (excluding diaryl/α,β-unsaturated/α-hetero) is 1. The summed E-state index contributed by atoms with van der Waals surface area (Å²) in [5, 5.41) is 1.18. The first-order valence-corrected chi connectivity index (χ1v) is 12.5. The molecular formula is C26H35N3O4S. The molecule has 0 aliphatic carbocycles. The SMILES string of the molecule is CCN(CC)CCN(C)C(=O)c1sc2c(c1OC)c(=O)n(CC(=O)C(C)(C)C)c1ccccc21. The number of aromatic nitrogens is 1. The highest BCUT2D eigenvalue weighted by atomic mass is 32.1. The van der Waals surface area contributed by atoms with E-state index in [1.807, 2.05) is 45.0 Å². The Labute approximate surface area is 204 Å². The molecule has 1 aromatic carbocycles. The van der Waals surface area contributed by atoms with Crippen molar-refractivity contribution in [2.24, 2.45) is 5.41 Å². The van der Waals surface area contributed by atoms with Gasteiger partial charge >= 0.3 is 0 Å². The number of amides is 1. The Morgan fingerprint density at radius 3 is 2.32 bits per heavy atom. The van der Waals surface area contributed by atoms with E-state index in [2.05, 4.69) is 18.7 Å². The molecule has 0 atom stereocenters. The summed E-state index contributed by atoms with van der Waals surface area (Å²) in [6, 6.07) is 7.51. The van der Waals surface area contributed by atoms with Gasteiger partial charge in [-0.3, -0.25) is 14.4 Å². The first kappa shape index (κ1) is 25.9. The van der Waals surface area contributed by atoms with Gasteiger partial charge in [0.15, 0.2) is 11.5 Å². The minimum Gasteiger partial charge on any atom is -0.494 e. The van der Waals surface area contributed by atoms with Crippen molar-refractivity contribution in [3.05, 3.63) is 39.5 Å². The number of likely N-dealkylation sites (N-methyl/N-ethyl adjacent to an activating group) is 2. The lowest BCUT2D eigenvalue weighted by molar-refractivity contribution is -0.126. The fourth-order valence-corrected chi connectivity index (χ4v) is 5.21. The average Bonchev–Trinajstić information content (AvgIpc) is 3.21. The lowest BCUT2D eigenvalue weighted by atomic mass is 9.90. The molecule has 0 aliphatic heterocycles. The molecule has 3 aromatic rings. The predicted molar refractivity (Wildman–Crippen MR) is 139 cm³/mol. The standard InChI is InChI=1S/C26H35N3O4S/c1-8-28(9-2)15-14-27(6)25(32)23-21(33-7)20-22(34-23)17-12-10-11-13-18(17)29(24(20)31)16-19(30)26(3,4)5/h10-13H,8-9,14-16H2,1-7H3. The summed E-state index contributed by atoms with van der Waals surface area (Å²) in [6.45, 7) is 12.9. The van der Waals surface area contributed by atoms with Crippen LogP contribution in [0.1, 0.15) is 44.3 Å². The lowest BCUT2D eigenvalue weighted by Crippen LogP contribution is -2.36. The maximum atomic E-state index is 13.7. The number of hydrogen-bond donors (Lipinski definition) is 0. The van der Waals surface area contributed by atoms with Crippen LogP contribution in [0.4, 0.5) is 0 Å². The fraction of sp³-hybridized carbons (Fsp3) is 0.500. The second-order valence-electron chi connectivity index (χ2n) is 9.50. The van der Waals surface area contributed by atoms with Crippen molar-refractivity contribution in [3.63, 3.8) is 0 Å². The quantitative estimate of drug-likeness (QED) is 0.453.